The van der Waals surface area contributed by atoms with Crippen LogP contribution in [0.2, 0.25) is 0 Å². The van der Waals surface area contributed by atoms with E-state index in [0.717, 1.165) is 28.1 Å². The SMILES string of the molecule is COC(=O)N[C@H](C(=O)N[C@@H](Cc1ccc(-c2ccccn2)cc1)[C@@H](O)C[C@H](Cc1ccccc1)NC(=O)[C@@H](n1cc(O)n(Cc2cccc(C)n2)c1=O)C(C)(C)C)C(C)(C)C. The fraction of sp³-hybridized carbons (Fsp3) is 0.404. The highest BCUT2D eigenvalue weighted by Gasteiger charge is 2.38. The number of benzene rings is 2. The lowest BCUT2D eigenvalue weighted by Gasteiger charge is -2.35. The lowest BCUT2D eigenvalue weighted by atomic mass is 9.85. The van der Waals surface area contributed by atoms with Crippen molar-refractivity contribution >= 4 is 17.9 Å². The van der Waals surface area contributed by atoms with Crippen molar-refractivity contribution in [1.29, 1.82) is 0 Å². The van der Waals surface area contributed by atoms with Crippen LogP contribution in [0.4, 0.5) is 4.79 Å². The summed E-state index contributed by atoms with van der Waals surface area (Å²) in [7, 11) is 1.22. The molecular formula is C47H59N7O7. The molecule has 0 saturated heterocycles. The molecule has 0 bridgehead atoms. The van der Waals surface area contributed by atoms with Gasteiger partial charge in [0.1, 0.15) is 12.1 Å². The minimum Gasteiger partial charge on any atom is -0.493 e. The molecule has 5 atom stereocenters. The van der Waals surface area contributed by atoms with E-state index in [0.29, 0.717) is 12.1 Å². The van der Waals surface area contributed by atoms with E-state index >= 15 is 0 Å². The topological polar surface area (TPSA) is 190 Å². The summed E-state index contributed by atoms with van der Waals surface area (Å²) < 4.78 is 7.25. The Labute approximate surface area is 357 Å². The first-order chi connectivity index (χ1) is 28.8. The maximum absolute atomic E-state index is 14.6. The number of nitrogens with zero attached hydrogens (tertiary/aromatic N) is 4. The summed E-state index contributed by atoms with van der Waals surface area (Å²) in [6.45, 7) is 12.8. The number of amides is 3. The molecule has 0 unspecified atom stereocenters. The highest BCUT2D eigenvalue weighted by molar-refractivity contribution is 5.86. The number of alkyl carbamates (subject to hydrolysis) is 1. The van der Waals surface area contributed by atoms with Gasteiger partial charge in [0, 0.05) is 23.5 Å². The van der Waals surface area contributed by atoms with Crippen molar-refractivity contribution < 1.29 is 29.3 Å². The fourth-order valence-corrected chi connectivity index (χ4v) is 7.43. The van der Waals surface area contributed by atoms with E-state index in [2.05, 4.69) is 25.9 Å². The van der Waals surface area contributed by atoms with Crippen molar-refractivity contribution in [3.8, 4) is 17.1 Å². The van der Waals surface area contributed by atoms with Crippen LogP contribution >= 0.6 is 0 Å². The number of aliphatic hydroxyl groups is 1. The van der Waals surface area contributed by atoms with Crippen LogP contribution in [0.5, 0.6) is 5.88 Å². The van der Waals surface area contributed by atoms with E-state index < -0.39 is 64.7 Å². The molecule has 5 rings (SSSR count). The molecule has 3 aromatic heterocycles. The molecule has 14 heteroatoms. The van der Waals surface area contributed by atoms with Gasteiger partial charge in [0.25, 0.3) is 0 Å². The van der Waals surface area contributed by atoms with Gasteiger partial charge < -0.3 is 30.9 Å². The standard InChI is InChI=1S/C47H59N7O7/c1-30-15-14-18-34(49-30)28-53-39(56)29-54(45(53)60)41(47(5,6)7)43(58)50-35(25-31-16-10-9-11-17-31)27-38(55)37(51-42(57)40(46(2,3)4)52-44(59)61-8)26-32-20-22-33(23-21-32)36-19-12-13-24-48-36/h9-24,29,35,37-38,40-41,55-56H,25-28H2,1-8H3,(H,50,58)(H,51,57)(H,52,59)/t35-,37-,38-,40+,41+/m0/s1. The Morgan fingerprint density at radius 1 is 0.787 bits per heavy atom. The minimum atomic E-state index is -1.21. The van der Waals surface area contributed by atoms with Gasteiger partial charge in [-0.15, -0.1) is 0 Å². The quantitative estimate of drug-likeness (QED) is 0.0827. The monoisotopic (exact) mass is 833 g/mol. The second-order valence-electron chi connectivity index (χ2n) is 17.7. The summed E-state index contributed by atoms with van der Waals surface area (Å²) >= 11 is 0. The third-order valence-electron chi connectivity index (χ3n) is 10.5. The highest BCUT2D eigenvalue weighted by Crippen LogP contribution is 2.32. The Bertz CT molecular complexity index is 2300. The second kappa shape index (κ2) is 19.9. The number of aromatic hydroxyl groups is 1. The van der Waals surface area contributed by atoms with Gasteiger partial charge >= 0.3 is 11.8 Å². The molecule has 0 spiro atoms. The Balaban J connectivity index is 1.47. The van der Waals surface area contributed by atoms with E-state index in [1.807, 2.05) is 133 Å². The average molecular weight is 834 g/mol. The number of imidazole rings is 1. The van der Waals surface area contributed by atoms with Gasteiger partial charge in [0.15, 0.2) is 0 Å². The summed E-state index contributed by atoms with van der Waals surface area (Å²) in [6, 6.07) is 24.6. The van der Waals surface area contributed by atoms with Crippen LogP contribution in [0.3, 0.4) is 0 Å². The van der Waals surface area contributed by atoms with Crippen molar-refractivity contribution in [3.05, 3.63) is 136 Å². The van der Waals surface area contributed by atoms with E-state index in [4.69, 9.17) is 4.74 Å². The van der Waals surface area contributed by atoms with Gasteiger partial charge in [0.2, 0.25) is 17.7 Å². The molecule has 5 N–H and O–H groups in total. The molecule has 0 radical (unpaired) electrons. The van der Waals surface area contributed by atoms with Crippen molar-refractivity contribution in [3.63, 3.8) is 0 Å². The number of methoxy groups -OCH3 is 1. The maximum Gasteiger partial charge on any atom is 0.407 e. The largest absolute Gasteiger partial charge is 0.493 e. The lowest BCUT2D eigenvalue weighted by Crippen LogP contribution is -2.58. The molecule has 0 aliphatic heterocycles. The first-order valence-electron chi connectivity index (χ1n) is 20.4. The number of carbonyl (C=O) groups is 3. The number of nitrogens with one attached hydrogen (secondary N) is 3. The van der Waals surface area contributed by atoms with E-state index in [9.17, 15) is 29.4 Å². The predicted molar refractivity (Wildman–Crippen MR) is 234 cm³/mol. The number of aromatic nitrogens is 4. The van der Waals surface area contributed by atoms with Crippen LogP contribution in [-0.2, 0) is 33.7 Å². The molecule has 0 fully saturated rings. The first kappa shape index (κ1) is 45.8. The first-order valence-corrected chi connectivity index (χ1v) is 20.4. The number of rotatable bonds is 16. The zero-order valence-corrected chi connectivity index (χ0v) is 36.3. The molecular weight excluding hydrogens is 775 g/mol. The van der Waals surface area contributed by atoms with Gasteiger partial charge in [-0.3, -0.25) is 28.7 Å². The Kier molecular flexibility index (Phi) is 14.9. The number of pyridine rings is 2. The van der Waals surface area contributed by atoms with Gasteiger partial charge in [0.05, 0.1) is 43.4 Å². The molecule has 3 heterocycles. The summed E-state index contributed by atoms with van der Waals surface area (Å²) in [6.07, 6.45) is 1.53. The van der Waals surface area contributed by atoms with Gasteiger partial charge in [-0.2, -0.15) is 0 Å². The molecule has 61 heavy (non-hydrogen) atoms. The fourth-order valence-electron chi connectivity index (χ4n) is 7.43. The van der Waals surface area contributed by atoms with Crippen molar-refractivity contribution in [2.45, 2.75) is 105 Å². The molecule has 3 amide bonds. The van der Waals surface area contributed by atoms with Crippen LogP contribution in [0.1, 0.15) is 76.5 Å². The molecule has 2 aromatic carbocycles. The second-order valence-corrected chi connectivity index (χ2v) is 17.7. The molecule has 324 valence electrons. The number of ether oxygens (including phenoxy) is 1. The summed E-state index contributed by atoms with van der Waals surface area (Å²) in [5.74, 6) is -1.32. The van der Waals surface area contributed by atoms with Crippen molar-refractivity contribution in [2.24, 2.45) is 10.8 Å². The van der Waals surface area contributed by atoms with Crippen LogP contribution in [0.15, 0.2) is 108 Å². The third kappa shape index (κ3) is 12.4. The Morgan fingerprint density at radius 3 is 2.07 bits per heavy atom. The van der Waals surface area contributed by atoms with Crippen molar-refractivity contribution in [2.75, 3.05) is 7.11 Å². The zero-order chi connectivity index (χ0) is 44.5. The van der Waals surface area contributed by atoms with Gasteiger partial charge in [-0.1, -0.05) is 108 Å². The van der Waals surface area contributed by atoms with Gasteiger partial charge in [-0.05, 0) is 72.4 Å². The van der Waals surface area contributed by atoms with Crippen LogP contribution in [0.25, 0.3) is 11.3 Å². The third-order valence-corrected chi connectivity index (χ3v) is 10.5. The highest BCUT2D eigenvalue weighted by atomic mass is 16.5. The van der Waals surface area contributed by atoms with Crippen LogP contribution in [0, 0.1) is 17.8 Å². The number of carbonyl (C=O) groups excluding carboxylic acids is 3. The maximum atomic E-state index is 14.6. The predicted octanol–water partition coefficient (Wildman–Crippen LogP) is 5.73. The van der Waals surface area contributed by atoms with Crippen LogP contribution in [-0.4, -0.2) is 78.6 Å². The van der Waals surface area contributed by atoms with Crippen molar-refractivity contribution in [1.82, 2.24) is 35.1 Å². The zero-order valence-electron chi connectivity index (χ0n) is 36.3. The number of hydrogen-bond acceptors (Lipinski definition) is 9. The van der Waals surface area contributed by atoms with E-state index in [1.54, 1.807) is 12.3 Å². The molecule has 0 aliphatic rings. The normalized spacial score (nSPS) is 14.2. The number of aliphatic hydroxyl groups excluding tert-OH is 1. The smallest absolute Gasteiger partial charge is 0.407 e. The van der Waals surface area contributed by atoms with Gasteiger partial charge in [-0.25, -0.2) is 9.59 Å². The van der Waals surface area contributed by atoms with E-state index in [1.165, 1.54) is 22.4 Å². The Morgan fingerprint density at radius 2 is 1.46 bits per heavy atom. The average Bonchev–Trinajstić information content (AvgIpc) is 3.47. The lowest BCUT2D eigenvalue weighted by molar-refractivity contribution is -0.129. The Hall–Kier alpha value is -6.28. The van der Waals surface area contributed by atoms with E-state index in [-0.39, 0.29) is 25.3 Å². The summed E-state index contributed by atoms with van der Waals surface area (Å²) in [5, 5.41) is 32.0. The molecule has 5 aromatic rings. The molecule has 14 nitrogen and oxygen atoms in total. The molecule has 0 aliphatic carbocycles. The minimum absolute atomic E-state index is 0.000728. The summed E-state index contributed by atoms with van der Waals surface area (Å²) in [5.41, 5.74) is 2.61. The molecule has 0 saturated carbocycles. The van der Waals surface area contributed by atoms with Crippen LogP contribution < -0.4 is 21.6 Å². The number of aryl methyl sites for hydroxylation is 1. The number of hydrogen-bond donors (Lipinski definition) is 5. The summed E-state index contributed by atoms with van der Waals surface area (Å²) in [4.78, 5) is 63.9.